The Morgan fingerprint density at radius 2 is 1.78 bits per heavy atom. The SMILES string of the molecule is Cc1cc(Br)c(NCc2cccc(O)c2)c(Br)c1. The maximum atomic E-state index is 9.41. The van der Waals surface area contributed by atoms with Crippen LogP contribution in [0.25, 0.3) is 0 Å². The average Bonchev–Trinajstić information content (AvgIpc) is 2.27. The molecule has 4 heteroatoms. The van der Waals surface area contributed by atoms with Gasteiger partial charge in [-0.05, 0) is 74.2 Å². The second-order valence-corrected chi connectivity index (χ2v) is 5.84. The van der Waals surface area contributed by atoms with E-state index in [9.17, 15) is 5.11 Å². The normalized spacial score (nSPS) is 10.4. The van der Waals surface area contributed by atoms with Crippen molar-refractivity contribution in [1.82, 2.24) is 0 Å². The average molecular weight is 371 g/mol. The van der Waals surface area contributed by atoms with E-state index in [-0.39, 0.29) is 5.75 Å². The van der Waals surface area contributed by atoms with Crippen molar-refractivity contribution >= 4 is 37.5 Å². The fraction of sp³-hybridized carbons (Fsp3) is 0.143. The van der Waals surface area contributed by atoms with Crippen molar-refractivity contribution in [2.45, 2.75) is 13.5 Å². The third-order valence-electron chi connectivity index (χ3n) is 2.57. The smallest absolute Gasteiger partial charge is 0.115 e. The van der Waals surface area contributed by atoms with E-state index in [4.69, 9.17) is 0 Å². The summed E-state index contributed by atoms with van der Waals surface area (Å²) in [5, 5.41) is 12.8. The molecular formula is C14H13Br2NO. The first-order valence-corrected chi connectivity index (χ1v) is 7.12. The van der Waals surface area contributed by atoms with Gasteiger partial charge in [-0.3, -0.25) is 0 Å². The van der Waals surface area contributed by atoms with E-state index in [0.717, 1.165) is 20.2 Å². The molecule has 0 spiro atoms. The molecule has 0 bridgehead atoms. The predicted molar refractivity (Wildman–Crippen MR) is 82.0 cm³/mol. The maximum Gasteiger partial charge on any atom is 0.115 e. The Hall–Kier alpha value is -1.00. The van der Waals surface area contributed by atoms with Crippen LogP contribution in [0, 0.1) is 6.92 Å². The Morgan fingerprint density at radius 1 is 1.11 bits per heavy atom. The highest BCUT2D eigenvalue weighted by molar-refractivity contribution is 9.11. The van der Waals surface area contributed by atoms with Gasteiger partial charge in [-0.25, -0.2) is 0 Å². The number of aryl methyl sites for hydroxylation is 1. The van der Waals surface area contributed by atoms with Gasteiger partial charge in [0, 0.05) is 15.5 Å². The van der Waals surface area contributed by atoms with Crippen molar-refractivity contribution < 1.29 is 5.11 Å². The maximum absolute atomic E-state index is 9.41. The molecule has 0 aliphatic rings. The molecule has 0 atom stereocenters. The number of benzene rings is 2. The summed E-state index contributed by atoms with van der Waals surface area (Å²) in [5.41, 5.74) is 3.25. The topological polar surface area (TPSA) is 32.3 Å². The number of rotatable bonds is 3. The number of hydrogen-bond acceptors (Lipinski definition) is 2. The second-order valence-electron chi connectivity index (χ2n) is 4.13. The third kappa shape index (κ3) is 3.27. The van der Waals surface area contributed by atoms with Gasteiger partial charge in [0.1, 0.15) is 5.75 Å². The first-order chi connectivity index (χ1) is 8.56. The minimum Gasteiger partial charge on any atom is -0.508 e. The van der Waals surface area contributed by atoms with Gasteiger partial charge in [-0.15, -0.1) is 0 Å². The first kappa shape index (κ1) is 13.4. The van der Waals surface area contributed by atoms with E-state index in [1.807, 2.05) is 12.1 Å². The number of aromatic hydroxyl groups is 1. The van der Waals surface area contributed by atoms with Gasteiger partial charge in [0.05, 0.1) is 5.69 Å². The summed E-state index contributed by atoms with van der Waals surface area (Å²) in [6.45, 7) is 2.71. The van der Waals surface area contributed by atoms with Gasteiger partial charge in [0.25, 0.3) is 0 Å². The van der Waals surface area contributed by atoms with Gasteiger partial charge < -0.3 is 10.4 Å². The molecule has 0 aliphatic carbocycles. The molecule has 18 heavy (non-hydrogen) atoms. The van der Waals surface area contributed by atoms with Crippen LogP contribution in [0.1, 0.15) is 11.1 Å². The fourth-order valence-electron chi connectivity index (χ4n) is 1.73. The lowest BCUT2D eigenvalue weighted by atomic mass is 10.2. The monoisotopic (exact) mass is 369 g/mol. The molecule has 0 radical (unpaired) electrons. The highest BCUT2D eigenvalue weighted by Crippen LogP contribution is 2.32. The summed E-state index contributed by atoms with van der Waals surface area (Å²) >= 11 is 7.09. The number of anilines is 1. The standard InChI is InChI=1S/C14H13Br2NO/c1-9-5-12(15)14(13(16)6-9)17-8-10-3-2-4-11(18)7-10/h2-7,17-18H,8H2,1H3. The van der Waals surface area contributed by atoms with Crippen molar-refractivity contribution in [2.75, 3.05) is 5.32 Å². The zero-order chi connectivity index (χ0) is 13.1. The molecule has 0 saturated heterocycles. The summed E-state index contributed by atoms with van der Waals surface area (Å²) in [4.78, 5) is 0. The van der Waals surface area contributed by atoms with Crippen LogP contribution in [0.2, 0.25) is 0 Å². The molecule has 2 N–H and O–H groups in total. The van der Waals surface area contributed by atoms with Crippen LogP contribution in [-0.4, -0.2) is 5.11 Å². The van der Waals surface area contributed by atoms with Crippen LogP contribution < -0.4 is 5.32 Å². The molecule has 2 nitrogen and oxygen atoms in total. The predicted octanol–water partition coefficient (Wildman–Crippen LogP) is 4.84. The Morgan fingerprint density at radius 3 is 2.39 bits per heavy atom. The Bertz CT molecular complexity index is 546. The van der Waals surface area contributed by atoms with Crippen LogP contribution in [0.15, 0.2) is 45.3 Å². The first-order valence-electron chi connectivity index (χ1n) is 5.53. The van der Waals surface area contributed by atoms with Crippen LogP contribution in [0.3, 0.4) is 0 Å². The fourth-order valence-corrected chi connectivity index (χ4v) is 3.42. The zero-order valence-electron chi connectivity index (χ0n) is 9.87. The number of phenols is 1. The van der Waals surface area contributed by atoms with Crippen molar-refractivity contribution in [1.29, 1.82) is 0 Å². The third-order valence-corrected chi connectivity index (χ3v) is 3.82. The Balaban J connectivity index is 2.16. The highest BCUT2D eigenvalue weighted by Gasteiger charge is 2.06. The Labute approximate surface area is 123 Å². The largest absolute Gasteiger partial charge is 0.508 e. The summed E-state index contributed by atoms with van der Waals surface area (Å²) in [5.74, 6) is 0.288. The van der Waals surface area contributed by atoms with Crippen LogP contribution in [0.4, 0.5) is 5.69 Å². The van der Waals surface area contributed by atoms with E-state index in [1.54, 1.807) is 12.1 Å². The van der Waals surface area contributed by atoms with E-state index >= 15 is 0 Å². The van der Waals surface area contributed by atoms with Gasteiger partial charge in [-0.1, -0.05) is 12.1 Å². The molecule has 0 heterocycles. The molecule has 2 aromatic carbocycles. The van der Waals surface area contributed by atoms with Crippen molar-refractivity contribution in [3.8, 4) is 5.75 Å². The van der Waals surface area contributed by atoms with Gasteiger partial charge in [-0.2, -0.15) is 0 Å². The second kappa shape index (κ2) is 5.76. The molecule has 94 valence electrons. The van der Waals surface area contributed by atoms with Crippen LogP contribution >= 0.6 is 31.9 Å². The van der Waals surface area contributed by atoms with Gasteiger partial charge >= 0.3 is 0 Å². The van der Waals surface area contributed by atoms with Crippen LogP contribution in [0.5, 0.6) is 5.75 Å². The quantitative estimate of drug-likeness (QED) is 0.810. The molecule has 0 fully saturated rings. The number of nitrogens with one attached hydrogen (secondary N) is 1. The lowest BCUT2D eigenvalue weighted by molar-refractivity contribution is 0.474. The highest BCUT2D eigenvalue weighted by atomic mass is 79.9. The molecule has 0 aromatic heterocycles. The molecule has 2 rings (SSSR count). The summed E-state index contributed by atoms with van der Waals surface area (Å²) in [6.07, 6.45) is 0. The molecule has 0 unspecified atom stereocenters. The molecule has 0 amide bonds. The summed E-state index contributed by atoms with van der Waals surface area (Å²) in [6, 6.07) is 11.4. The summed E-state index contributed by atoms with van der Waals surface area (Å²) in [7, 11) is 0. The van der Waals surface area contributed by atoms with E-state index in [2.05, 4.69) is 56.2 Å². The Kier molecular flexibility index (Phi) is 4.30. The number of halogens is 2. The van der Waals surface area contributed by atoms with Crippen molar-refractivity contribution in [3.05, 3.63) is 56.5 Å². The van der Waals surface area contributed by atoms with E-state index in [0.29, 0.717) is 6.54 Å². The lowest BCUT2D eigenvalue weighted by Crippen LogP contribution is -2.01. The van der Waals surface area contributed by atoms with Crippen LogP contribution in [-0.2, 0) is 6.54 Å². The van der Waals surface area contributed by atoms with Gasteiger partial charge in [0.15, 0.2) is 0 Å². The minimum absolute atomic E-state index is 0.288. The minimum atomic E-state index is 0.288. The van der Waals surface area contributed by atoms with E-state index in [1.165, 1.54) is 5.56 Å². The molecule has 2 aromatic rings. The van der Waals surface area contributed by atoms with E-state index < -0.39 is 0 Å². The van der Waals surface area contributed by atoms with Crippen molar-refractivity contribution in [2.24, 2.45) is 0 Å². The van der Waals surface area contributed by atoms with Gasteiger partial charge in [0.2, 0.25) is 0 Å². The molecular weight excluding hydrogens is 358 g/mol. The number of phenolic OH excluding ortho intramolecular Hbond substituents is 1. The lowest BCUT2D eigenvalue weighted by Gasteiger charge is -2.12. The summed E-state index contributed by atoms with van der Waals surface area (Å²) < 4.78 is 2.05. The zero-order valence-corrected chi connectivity index (χ0v) is 13.0. The number of hydrogen-bond donors (Lipinski definition) is 2. The molecule has 0 aliphatic heterocycles. The molecule has 0 saturated carbocycles. The van der Waals surface area contributed by atoms with Crippen molar-refractivity contribution in [3.63, 3.8) is 0 Å².